The van der Waals surface area contributed by atoms with Crippen molar-refractivity contribution in [2.75, 3.05) is 6.61 Å². The first-order chi connectivity index (χ1) is 14.0. The van der Waals surface area contributed by atoms with Crippen molar-refractivity contribution in [3.63, 3.8) is 0 Å². The van der Waals surface area contributed by atoms with Gasteiger partial charge in [-0.05, 0) is 98.4 Å². The van der Waals surface area contributed by atoms with E-state index in [9.17, 15) is 9.59 Å². The molecule has 29 heavy (non-hydrogen) atoms. The molecule has 0 aromatic heterocycles. The van der Waals surface area contributed by atoms with E-state index >= 15 is 0 Å². The largest absolute Gasteiger partial charge is 0.466 e. The highest BCUT2D eigenvalue weighted by molar-refractivity contribution is 5.92. The first kappa shape index (κ1) is 17.5. The lowest BCUT2D eigenvalue weighted by Gasteiger charge is -2.55. The zero-order valence-electron chi connectivity index (χ0n) is 17.6. The van der Waals surface area contributed by atoms with Gasteiger partial charge in [-0.3, -0.25) is 9.59 Å². The number of fused-ring (bicyclic) bond motifs is 10. The third-order valence-corrected chi connectivity index (χ3v) is 10.6. The molecule has 0 aromatic carbocycles. The highest BCUT2D eigenvalue weighted by Gasteiger charge is 2.90. The van der Waals surface area contributed by atoms with Crippen LogP contribution in [0.3, 0.4) is 0 Å². The molecule has 1 aliphatic heterocycles. The molecule has 5 saturated carbocycles. The molecule has 0 bridgehead atoms. The molecule has 4 nitrogen and oxygen atoms in total. The Hall–Kier alpha value is -1.16. The number of ether oxygens (including phenoxy) is 2. The maximum absolute atomic E-state index is 12.2. The van der Waals surface area contributed by atoms with Crippen molar-refractivity contribution >= 4 is 11.8 Å². The van der Waals surface area contributed by atoms with Gasteiger partial charge in [-0.15, -0.1) is 0 Å². The van der Waals surface area contributed by atoms with Crippen LogP contribution in [0, 0.1) is 46.8 Å². The van der Waals surface area contributed by atoms with E-state index in [-0.39, 0.29) is 22.6 Å². The molecule has 0 radical (unpaired) electrons. The molecule has 7 rings (SSSR count). The van der Waals surface area contributed by atoms with Gasteiger partial charge in [0.2, 0.25) is 0 Å². The van der Waals surface area contributed by atoms with Gasteiger partial charge in [-0.25, -0.2) is 0 Å². The lowest BCUT2D eigenvalue weighted by atomic mass is 9.48. The quantitative estimate of drug-likeness (QED) is 0.531. The zero-order valence-corrected chi connectivity index (χ0v) is 17.6. The molecule has 1 saturated heterocycles. The van der Waals surface area contributed by atoms with E-state index in [2.05, 4.69) is 13.0 Å². The summed E-state index contributed by atoms with van der Waals surface area (Å²) in [6.07, 6.45) is 10.3. The van der Waals surface area contributed by atoms with E-state index in [4.69, 9.17) is 9.47 Å². The number of esters is 1. The molecule has 0 N–H and O–H groups in total. The minimum atomic E-state index is -0.0593. The van der Waals surface area contributed by atoms with E-state index in [0.717, 1.165) is 42.9 Å². The van der Waals surface area contributed by atoms with E-state index < -0.39 is 0 Å². The Morgan fingerprint density at radius 1 is 1.24 bits per heavy atom. The highest BCUT2D eigenvalue weighted by atomic mass is 16.6. The number of ketones is 1. The molecule has 1 spiro atoms. The Kier molecular flexibility index (Phi) is 3.13. The van der Waals surface area contributed by atoms with Gasteiger partial charge in [0.1, 0.15) is 11.2 Å². The maximum atomic E-state index is 12.2. The Labute approximate surface area is 172 Å². The van der Waals surface area contributed by atoms with Crippen LogP contribution in [0.5, 0.6) is 0 Å². The van der Waals surface area contributed by atoms with E-state index in [1.54, 1.807) is 0 Å². The van der Waals surface area contributed by atoms with Crippen molar-refractivity contribution in [1.29, 1.82) is 0 Å². The Balaban J connectivity index is 1.20. The second-order valence-electron chi connectivity index (χ2n) is 11.4. The molecule has 3 unspecified atom stereocenters. The van der Waals surface area contributed by atoms with E-state index in [0.29, 0.717) is 36.6 Å². The summed E-state index contributed by atoms with van der Waals surface area (Å²) in [5.74, 6) is 5.51. The van der Waals surface area contributed by atoms with Crippen LogP contribution in [0.2, 0.25) is 0 Å². The summed E-state index contributed by atoms with van der Waals surface area (Å²) in [6, 6.07) is 0. The van der Waals surface area contributed by atoms with Gasteiger partial charge in [0.15, 0.2) is 5.78 Å². The smallest absolute Gasteiger partial charge is 0.305 e. The van der Waals surface area contributed by atoms with Crippen LogP contribution in [0.1, 0.15) is 65.2 Å². The minimum Gasteiger partial charge on any atom is -0.466 e. The number of carbonyl (C=O) groups excluding carboxylic acids is 2. The second kappa shape index (κ2) is 5.18. The highest BCUT2D eigenvalue weighted by Crippen LogP contribution is 2.86. The summed E-state index contributed by atoms with van der Waals surface area (Å²) in [5.41, 5.74) is 1.83. The fourth-order valence-corrected chi connectivity index (χ4v) is 9.51. The van der Waals surface area contributed by atoms with Crippen LogP contribution in [0.4, 0.5) is 0 Å². The van der Waals surface area contributed by atoms with Crippen molar-refractivity contribution in [3.05, 3.63) is 11.6 Å². The normalized spacial score (nSPS) is 57.2. The fraction of sp³-hybridized carbons (Fsp3) is 0.840. The second-order valence-corrected chi connectivity index (χ2v) is 11.4. The molecule has 4 heteroatoms. The first-order valence-corrected chi connectivity index (χ1v) is 12.1. The molecule has 1 heterocycles. The Morgan fingerprint density at radius 3 is 2.93 bits per heavy atom. The number of rotatable bonds is 4. The zero-order chi connectivity index (χ0) is 19.8. The van der Waals surface area contributed by atoms with Crippen LogP contribution < -0.4 is 0 Å². The third kappa shape index (κ3) is 1.92. The monoisotopic (exact) mass is 396 g/mol. The average Bonchev–Trinajstić information content (AvgIpc) is 3.59. The van der Waals surface area contributed by atoms with Crippen LogP contribution in [-0.2, 0) is 19.1 Å². The molecule has 0 aromatic rings. The van der Waals surface area contributed by atoms with E-state index in [1.165, 1.54) is 31.3 Å². The van der Waals surface area contributed by atoms with Gasteiger partial charge in [-0.2, -0.15) is 0 Å². The number of carbonyl (C=O) groups is 2. The third-order valence-electron chi connectivity index (χ3n) is 10.6. The summed E-state index contributed by atoms with van der Waals surface area (Å²) >= 11 is 0. The SMILES string of the molecule is CCOC(=O)CC[C@@]12O[C@@]13CCC1C(C3[C@@H]3C[C@@H]32)[C@H]2C[C@H]2C2=CC(=O)CC[C@@]21C. The van der Waals surface area contributed by atoms with Crippen molar-refractivity contribution < 1.29 is 19.1 Å². The number of hydrogen-bond acceptors (Lipinski definition) is 4. The summed E-state index contributed by atoms with van der Waals surface area (Å²) in [4.78, 5) is 24.2. The molecule has 6 aliphatic carbocycles. The topological polar surface area (TPSA) is 55.9 Å². The summed E-state index contributed by atoms with van der Waals surface area (Å²) in [7, 11) is 0. The van der Waals surface area contributed by atoms with Gasteiger partial charge in [-0.1, -0.05) is 12.5 Å². The molecular formula is C25H32O4. The standard InChI is InChI=1S/C25H32O4/c1-3-28-20(27)6-9-24-19-12-16(19)22-21-15-11-14(15)18-10-13(26)4-7-23(18,2)17(21)5-8-25(22,24)29-24/h10,14-17,19,21-22H,3-9,11-12H2,1-2H3/t14-,15+,16-,17?,19+,21?,22?,23-,24+,25-/m1/s1. The van der Waals surface area contributed by atoms with Crippen molar-refractivity contribution in [3.8, 4) is 0 Å². The predicted octanol–water partition coefficient (Wildman–Crippen LogP) is 4.07. The van der Waals surface area contributed by atoms with Gasteiger partial charge < -0.3 is 9.47 Å². The van der Waals surface area contributed by atoms with Gasteiger partial charge in [0, 0.05) is 12.8 Å². The fourth-order valence-electron chi connectivity index (χ4n) is 9.51. The van der Waals surface area contributed by atoms with Crippen molar-refractivity contribution in [2.24, 2.45) is 46.8 Å². The van der Waals surface area contributed by atoms with Crippen molar-refractivity contribution in [1.82, 2.24) is 0 Å². The summed E-state index contributed by atoms with van der Waals surface area (Å²) in [5, 5.41) is 0. The molecule has 156 valence electrons. The van der Waals surface area contributed by atoms with Crippen LogP contribution in [0.15, 0.2) is 11.6 Å². The van der Waals surface area contributed by atoms with Gasteiger partial charge in [0.05, 0.1) is 6.61 Å². The van der Waals surface area contributed by atoms with Crippen molar-refractivity contribution in [2.45, 2.75) is 76.4 Å². The lowest BCUT2D eigenvalue weighted by molar-refractivity contribution is -0.143. The number of allylic oxidation sites excluding steroid dienone is 1. The lowest BCUT2D eigenvalue weighted by Crippen LogP contribution is -2.52. The first-order valence-electron chi connectivity index (χ1n) is 12.1. The number of hydrogen-bond donors (Lipinski definition) is 0. The van der Waals surface area contributed by atoms with Crippen LogP contribution >= 0.6 is 0 Å². The molecular weight excluding hydrogens is 364 g/mol. The Morgan fingerprint density at radius 2 is 2.10 bits per heavy atom. The van der Waals surface area contributed by atoms with Gasteiger partial charge >= 0.3 is 5.97 Å². The molecule has 10 atom stereocenters. The van der Waals surface area contributed by atoms with Crippen LogP contribution in [-0.4, -0.2) is 29.6 Å². The summed E-state index contributed by atoms with van der Waals surface area (Å²) < 4.78 is 12.0. The minimum absolute atomic E-state index is 0.00992. The molecule has 6 fully saturated rings. The molecule has 0 amide bonds. The average molecular weight is 397 g/mol. The van der Waals surface area contributed by atoms with E-state index in [1.807, 2.05) is 6.92 Å². The predicted molar refractivity (Wildman–Crippen MR) is 106 cm³/mol. The summed E-state index contributed by atoms with van der Waals surface area (Å²) in [6.45, 7) is 4.83. The molecule has 7 aliphatic rings. The van der Waals surface area contributed by atoms with Crippen LogP contribution in [0.25, 0.3) is 0 Å². The number of epoxide rings is 1. The van der Waals surface area contributed by atoms with Gasteiger partial charge in [0.25, 0.3) is 0 Å². The Bertz CT molecular complexity index is 861. The maximum Gasteiger partial charge on any atom is 0.305 e.